The fourth-order valence-electron chi connectivity index (χ4n) is 1.72. The normalized spacial score (nSPS) is 11.6. The first-order chi connectivity index (χ1) is 9.74. The van der Waals surface area contributed by atoms with Gasteiger partial charge in [-0.2, -0.15) is 0 Å². The molecule has 1 aromatic carbocycles. The van der Waals surface area contributed by atoms with Crippen LogP contribution in [0.5, 0.6) is 0 Å². The van der Waals surface area contributed by atoms with Gasteiger partial charge in [0.15, 0.2) is 5.13 Å². The lowest BCUT2D eigenvalue weighted by Crippen LogP contribution is -2.15. The zero-order valence-corrected chi connectivity index (χ0v) is 14.5. The van der Waals surface area contributed by atoms with Crippen LogP contribution in [-0.4, -0.2) is 13.4 Å². The Balaban J connectivity index is 2.40. The maximum Gasteiger partial charge on any atom is 0.266 e. The van der Waals surface area contributed by atoms with Gasteiger partial charge in [0.1, 0.15) is 10.7 Å². The molecule has 0 fully saturated rings. The predicted octanol–water partition coefficient (Wildman–Crippen LogP) is 3.30. The second-order valence-electron chi connectivity index (χ2n) is 4.29. The van der Waals surface area contributed by atoms with E-state index in [1.54, 1.807) is 0 Å². The largest absolute Gasteiger partial charge is 0.398 e. The minimum absolute atomic E-state index is 0.140. The van der Waals surface area contributed by atoms with Gasteiger partial charge in [-0.3, -0.25) is 4.72 Å². The lowest BCUT2D eigenvalue weighted by atomic mass is 10.3. The minimum Gasteiger partial charge on any atom is -0.398 e. The maximum absolute atomic E-state index is 13.9. The molecule has 9 heteroatoms. The highest BCUT2D eigenvalue weighted by Gasteiger charge is 2.22. The van der Waals surface area contributed by atoms with Crippen LogP contribution in [0.2, 0.25) is 0 Å². The minimum atomic E-state index is -4.07. The second-order valence-corrected chi connectivity index (χ2v) is 7.99. The highest BCUT2D eigenvalue weighted by molar-refractivity contribution is 9.10. The number of rotatable bonds is 4. The molecule has 0 saturated carbocycles. The summed E-state index contributed by atoms with van der Waals surface area (Å²) in [5.74, 6) is -0.882. The van der Waals surface area contributed by atoms with E-state index in [1.807, 2.05) is 13.8 Å². The Labute approximate surface area is 134 Å². The van der Waals surface area contributed by atoms with Gasteiger partial charge in [-0.15, -0.1) is 11.3 Å². The number of thiazole rings is 1. The molecule has 0 spiro atoms. The van der Waals surface area contributed by atoms with Gasteiger partial charge in [0.25, 0.3) is 10.0 Å². The summed E-state index contributed by atoms with van der Waals surface area (Å²) in [7, 11) is -4.07. The highest BCUT2D eigenvalue weighted by Crippen LogP contribution is 2.29. The van der Waals surface area contributed by atoms with Crippen molar-refractivity contribution in [1.82, 2.24) is 4.98 Å². The molecule has 114 valence electrons. The first kappa shape index (κ1) is 16.2. The molecule has 2 rings (SSSR count). The molecule has 1 aromatic heterocycles. The number of aromatic nitrogens is 1. The van der Waals surface area contributed by atoms with Crippen LogP contribution in [0.15, 0.2) is 21.5 Å². The summed E-state index contributed by atoms with van der Waals surface area (Å²) >= 11 is 4.25. The molecule has 0 bridgehead atoms. The first-order valence-electron chi connectivity index (χ1n) is 5.98. The Morgan fingerprint density at radius 3 is 2.71 bits per heavy atom. The van der Waals surface area contributed by atoms with E-state index in [-0.39, 0.29) is 10.8 Å². The average molecular weight is 394 g/mol. The molecule has 0 aliphatic carbocycles. The Kier molecular flexibility index (Phi) is 4.54. The number of halogens is 2. The van der Waals surface area contributed by atoms with Crippen LogP contribution in [0, 0.1) is 12.7 Å². The smallest absolute Gasteiger partial charge is 0.266 e. The molecule has 0 amide bonds. The Morgan fingerprint density at radius 1 is 1.48 bits per heavy atom. The molecular weight excluding hydrogens is 381 g/mol. The Hall–Kier alpha value is -1.19. The number of benzene rings is 1. The fraction of sp³-hybridized carbons (Fsp3) is 0.250. The molecular formula is C12H13BrFN3O2S2. The monoisotopic (exact) mass is 393 g/mol. The third-order valence-electron chi connectivity index (χ3n) is 2.79. The quantitative estimate of drug-likeness (QED) is 0.780. The number of hydrogen-bond acceptors (Lipinski definition) is 5. The predicted molar refractivity (Wildman–Crippen MR) is 85.5 cm³/mol. The lowest BCUT2D eigenvalue weighted by Gasteiger charge is -2.08. The molecule has 0 aliphatic heterocycles. The van der Waals surface area contributed by atoms with Crippen molar-refractivity contribution in [3.8, 4) is 0 Å². The molecule has 0 aliphatic rings. The molecule has 5 nitrogen and oxygen atoms in total. The van der Waals surface area contributed by atoms with E-state index in [2.05, 4.69) is 25.6 Å². The van der Waals surface area contributed by atoms with Crippen molar-refractivity contribution in [3.05, 3.63) is 33.0 Å². The summed E-state index contributed by atoms with van der Waals surface area (Å²) in [5, 5.41) is 0.213. The van der Waals surface area contributed by atoms with Gasteiger partial charge in [0.2, 0.25) is 0 Å². The van der Waals surface area contributed by atoms with E-state index in [1.165, 1.54) is 11.3 Å². The summed E-state index contributed by atoms with van der Waals surface area (Å²) in [6, 6.07) is 2.09. The summed E-state index contributed by atoms with van der Waals surface area (Å²) in [4.78, 5) is 4.59. The van der Waals surface area contributed by atoms with Crippen LogP contribution in [0.3, 0.4) is 0 Å². The van der Waals surface area contributed by atoms with Crippen molar-refractivity contribution in [2.75, 3.05) is 10.5 Å². The van der Waals surface area contributed by atoms with Crippen LogP contribution in [0.25, 0.3) is 0 Å². The van der Waals surface area contributed by atoms with Crippen molar-refractivity contribution >= 4 is 48.1 Å². The van der Waals surface area contributed by atoms with E-state index < -0.39 is 20.7 Å². The van der Waals surface area contributed by atoms with Gasteiger partial charge in [-0.05, 0) is 41.4 Å². The number of anilines is 2. The topological polar surface area (TPSA) is 85.1 Å². The number of aryl methyl sites for hydroxylation is 2. The van der Waals surface area contributed by atoms with E-state index in [9.17, 15) is 12.8 Å². The van der Waals surface area contributed by atoms with Gasteiger partial charge in [0, 0.05) is 15.0 Å². The van der Waals surface area contributed by atoms with Crippen molar-refractivity contribution in [2.45, 2.75) is 25.2 Å². The number of nitrogens with zero attached hydrogens (tertiary/aromatic N) is 1. The molecule has 21 heavy (non-hydrogen) atoms. The molecule has 0 unspecified atom stereocenters. The molecule has 3 N–H and O–H groups in total. The zero-order chi connectivity index (χ0) is 15.8. The second kappa shape index (κ2) is 5.90. The third kappa shape index (κ3) is 3.35. The summed E-state index contributed by atoms with van der Waals surface area (Å²) in [6.07, 6.45) is 0.698. The van der Waals surface area contributed by atoms with Gasteiger partial charge >= 0.3 is 0 Å². The van der Waals surface area contributed by atoms with E-state index >= 15 is 0 Å². The van der Waals surface area contributed by atoms with Crippen LogP contribution in [0.1, 0.15) is 17.5 Å². The average Bonchev–Trinajstić information content (AvgIpc) is 2.72. The lowest BCUT2D eigenvalue weighted by molar-refractivity contribution is 0.570. The zero-order valence-electron chi connectivity index (χ0n) is 11.3. The standard InChI is InChI=1S/C12H13BrFN3O2S2/c1-3-10-6(2)20-12(16-10)17-21(18,19)11-5-9(15)7(13)4-8(11)14/h4-5H,3,15H2,1-2H3,(H,16,17). The Morgan fingerprint density at radius 2 is 2.14 bits per heavy atom. The molecule has 1 heterocycles. The van der Waals surface area contributed by atoms with E-state index in [0.29, 0.717) is 10.9 Å². The maximum atomic E-state index is 13.9. The van der Waals surface area contributed by atoms with Gasteiger partial charge in [0.05, 0.1) is 5.69 Å². The first-order valence-corrected chi connectivity index (χ1v) is 9.07. The van der Waals surface area contributed by atoms with Crippen LogP contribution in [-0.2, 0) is 16.4 Å². The van der Waals surface area contributed by atoms with Crippen molar-refractivity contribution in [2.24, 2.45) is 0 Å². The third-order valence-corrected chi connectivity index (χ3v) is 5.89. The number of nitrogens with two attached hydrogens (primary N) is 1. The molecule has 2 aromatic rings. The molecule has 0 saturated heterocycles. The summed E-state index contributed by atoms with van der Waals surface area (Å²) < 4.78 is 40.9. The van der Waals surface area contributed by atoms with Crippen LogP contribution >= 0.6 is 27.3 Å². The number of sulfonamides is 1. The highest BCUT2D eigenvalue weighted by atomic mass is 79.9. The Bertz CT molecular complexity index is 790. The fourth-order valence-corrected chi connectivity index (χ4v) is 4.27. The van der Waals surface area contributed by atoms with Gasteiger partial charge < -0.3 is 5.73 Å². The van der Waals surface area contributed by atoms with Crippen molar-refractivity contribution in [1.29, 1.82) is 0 Å². The van der Waals surface area contributed by atoms with Crippen LogP contribution in [0.4, 0.5) is 15.2 Å². The molecule has 0 radical (unpaired) electrons. The number of nitrogens with one attached hydrogen (secondary N) is 1. The van der Waals surface area contributed by atoms with Crippen molar-refractivity contribution < 1.29 is 12.8 Å². The van der Waals surface area contributed by atoms with E-state index in [0.717, 1.165) is 22.7 Å². The van der Waals surface area contributed by atoms with Gasteiger partial charge in [-0.1, -0.05) is 6.92 Å². The number of hydrogen-bond donors (Lipinski definition) is 2. The summed E-state index contributed by atoms with van der Waals surface area (Å²) in [5.41, 5.74) is 6.56. The number of nitrogen functional groups attached to an aromatic ring is 1. The summed E-state index contributed by atoms with van der Waals surface area (Å²) in [6.45, 7) is 3.78. The molecule has 0 atom stereocenters. The van der Waals surface area contributed by atoms with Crippen LogP contribution < -0.4 is 10.5 Å². The van der Waals surface area contributed by atoms with E-state index in [4.69, 9.17) is 5.73 Å². The van der Waals surface area contributed by atoms with Gasteiger partial charge in [-0.25, -0.2) is 17.8 Å². The van der Waals surface area contributed by atoms with Crippen molar-refractivity contribution in [3.63, 3.8) is 0 Å². The SMILES string of the molecule is CCc1nc(NS(=O)(=O)c2cc(N)c(Br)cc2F)sc1C.